The van der Waals surface area contributed by atoms with Crippen molar-refractivity contribution in [2.24, 2.45) is 0 Å². The molecule has 9 heteroatoms. The Morgan fingerprint density at radius 2 is 1.91 bits per heavy atom. The van der Waals surface area contributed by atoms with Crippen molar-refractivity contribution >= 4 is 23.8 Å². The number of ether oxygens (including phenoxy) is 1. The van der Waals surface area contributed by atoms with Crippen molar-refractivity contribution in [2.75, 3.05) is 27.2 Å². The Kier molecular flexibility index (Phi) is 7.94. The minimum absolute atomic E-state index is 0.0815. The molecule has 1 spiro atoms. The highest BCUT2D eigenvalue weighted by Gasteiger charge is 2.52. The van der Waals surface area contributed by atoms with Gasteiger partial charge >= 0.3 is 6.03 Å². The molecule has 1 heterocycles. The normalized spacial score (nSPS) is 17.7. The Morgan fingerprint density at radius 1 is 1.21 bits per heavy atom. The number of hydrogen-bond acceptors (Lipinski definition) is 5. The average molecular weight is 459 g/mol. The first kappa shape index (κ1) is 24.5. The second-order valence-corrected chi connectivity index (χ2v) is 8.92. The molecule has 1 saturated heterocycles. The fourth-order valence-electron chi connectivity index (χ4n) is 4.43. The molecule has 2 aliphatic rings. The minimum atomic E-state index is -0.718. The standard InChI is InChI=1S/C24H34N4O5/c1-4-18(17-10-5-6-11-19(17)33-16-21(30)27(2)3)25-20(29)12-9-15-28-22(31)24(26-23(28)32)13-7-8-14-24/h5-6,10-11,18H,4,7-9,12-16H2,1-3H3,(H,25,29)(H,26,32). The van der Waals surface area contributed by atoms with Crippen molar-refractivity contribution in [1.29, 1.82) is 0 Å². The summed E-state index contributed by atoms with van der Waals surface area (Å²) in [4.78, 5) is 52.2. The first-order valence-electron chi connectivity index (χ1n) is 11.6. The van der Waals surface area contributed by atoms with Gasteiger partial charge in [0.2, 0.25) is 5.91 Å². The zero-order valence-corrected chi connectivity index (χ0v) is 19.7. The van der Waals surface area contributed by atoms with Gasteiger partial charge in [-0.2, -0.15) is 0 Å². The molecule has 0 aromatic heterocycles. The largest absolute Gasteiger partial charge is 0.483 e. The minimum Gasteiger partial charge on any atom is -0.483 e. The van der Waals surface area contributed by atoms with E-state index in [1.807, 2.05) is 25.1 Å². The number of para-hydroxylation sites is 1. The maximum atomic E-state index is 12.7. The van der Waals surface area contributed by atoms with E-state index >= 15 is 0 Å². The van der Waals surface area contributed by atoms with Crippen LogP contribution in [-0.2, 0) is 14.4 Å². The Labute approximate surface area is 194 Å². The van der Waals surface area contributed by atoms with E-state index in [0.717, 1.165) is 18.4 Å². The lowest BCUT2D eigenvalue weighted by atomic mass is 9.98. The highest BCUT2D eigenvalue weighted by molar-refractivity contribution is 6.07. The molecule has 33 heavy (non-hydrogen) atoms. The van der Waals surface area contributed by atoms with Crippen LogP contribution in [0.15, 0.2) is 24.3 Å². The molecule has 1 atom stereocenters. The molecule has 5 amide bonds. The van der Waals surface area contributed by atoms with Gasteiger partial charge in [0.25, 0.3) is 11.8 Å². The number of carbonyl (C=O) groups excluding carboxylic acids is 4. The van der Waals surface area contributed by atoms with Crippen LogP contribution in [0.5, 0.6) is 5.75 Å². The number of carbonyl (C=O) groups is 4. The van der Waals surface area contributed by atoms with Crippen molar-refractivity contribution in [2.45, 2.75) is 63.5 Å². The fraction of sp³-hybridized carbons (Fsp3) is 0.583. The van der Waals surface area contributed by atoms with Crippen molar-refractivity contribution in [1.82, 2.24) is 20.4 Å². The van der Waals surface area contributed by atoms with E-state index in [1.54, 1.807) is 20.2 Å². The van der Waals surface area contributed by atoms with Crippen LogP contribution < -0.4 is 15.4 Å². The molecule has 1 aromatic rings. The molecule has 1 saturated carbocycles. The van der Waals surface area contributed by atoms with Crippen LogP contribution in [0.1, 0.15) is 63.5 Å². The van der Waals surface area contributed by atoms with E-state index in [0.29, 0.717) is 31.4 Å². The highest BCUT2D eigenvalue weighted by Crippen LogP contribution is 2.35. The SMILES string of the molecule is CCC(NC(=O)CCCN1C(=O)NC2(CCCC2)C1=O)c1ccccc1OCC(=O)N(C)C. The fourth-order valence-corrected chi connectivity index (χ4v) is 4.43. The lowest BCUT2D eigenvalue weighted by Gasteiger charge is -2.22. The zero-order chi connectivity index (χ0) is 24.0. The van der Waals surface area contributed by atoms with Crippen LogP contribution >= 0.6 is 0 Å². The average Bonchev–Trinajstić information content (AvgIpc) is 3.36. The predicted molar refractivity (Wildman–Crippen MR) is 122 cm³/mol. The molecule has 180 valence electrons. The quantitative estimate of drug-likeness (QED) is 0.524. The number of benzene rings is 1. The summed E-state index contributed by atoms with van der Waals surface area (Å²) >= 11 is 0. The Hall–Kier alpha value is -3.10. The van der Waals surface area contributed by atoms with Crippen LogP contribution in [0.2, 0.25) is 0 Å². The molecular weight excluding hydrogens is 424 g/mol. The van der Waals surface area contributed by atoms with Gasteiger partial charge in [0.1, 0.15) is 11.3 Å². The summed E-state index contributed by atoms with van der Waals surface area (Å²) in [5.41, 5.74) is 0.0850. The molecule has 2 N–H and O–H groups in total. The van der Waals surface area contributed by atoms with Gasteiger partial charge in [-0.15, -0.1) is 0 Å². The van der Waals surface area contributed by atoms with Crippen LogP contribution in [0.4, 0.5) is 4.79 Å². The van der Waals surface area contributed by atoms with Gasteiger partial charge in [-0.05, 0) is 31.7 Å². The van der Waals surface area contributed by atoms with E-state index in [2.05, 4.69) is 10.6 Å². The van der Waals surface area contributed by atoms with Crippen molar-refractivity contribution < 1.29 is 23.9 Å². The predicted octanol–water partition coefficient (Wildman–Crippen LogP) is 2.37. The van der Waals surface area contributed by atoms with Crippen molar-refractivity contribution in [3.8, 4) is 5.75 Å². The summed E-state index contributed by atoms with van der Waals surface area (Å²) in [6.07, 6.45) is 4.49. The molecule has 2 fully saturated rings. The summed E-state index contributed by atoms with van der Waals surface area (Å²) in [5, 5.41) is 5.87. The van der Waals surface area contributed by atoms with Crippen LogP contribution in [0.25, 0.3) is 0 Å². The van der Waals surface area contributed by atoms with Gasteiger partial charge in [-0.3, -0.25) is 19.3 Å². The number of hydrogen-bond donors (Lipinski definition) is 2. The molecule has 1 aliphatic heterocycles. The van der Waals surface area contributed by atoms with Gasteiger partial charge in [0.15, 0.2) is 6.61 Å². The molecular formula is C24H34N4O5. The molecule has 0 radical (unpaired) electrons. The summed E-state index contributed by atoms with van der Waals surface area (Å²) in [7, 11) is 3.33. The Bertz CT molecular complexity index is 895. The number of rotatable bonds is 10. The Morgan fingerprint density at radius 3 is 2.58 bits per heavy atom. The van der Waals surface area contributed by atoms with Crippen LogP contribution in [-0.4, -0.2) is 66.3 Å². The summed E-state index contributed by atoms with van der Waals surface area (Å²) in [6.45, 7) is 2.10. The molecule has 1 unspecified atom stereocenters. The molecule has 1 aromatic carbocycles. The third-order valence-electron chi connectivity index (χ3n) is 6.38. The third kappa shape index (κ3) is 5.64. The van der Waals surface area contributed by atoms with E-state index in [-0.39, 0.29) is 49.4 Å². The second-order valence-electron chi connectivity index (χ2n) is 8.92. The monoisotopic (exact) mass is 458 g/mol. The summed E-state index contributed by atoms with van der Waals surface area (Å²) in [6, 6.07) is 6.71. The van der Waals surface area contributed by atoms with Crippen LogP contribution in [0, 0.1) is 0 Å². The lowest BCUT2D eigenvalue weighted by molar-refractivity contribution is -0.131. The number of urea groups is 1. The lowest BCUT2D eigenvalue weighted by Crippen LogP contribution is -2.44. The van der Waals surface area contributed by atoms with Gasteiger partial charge in [0, 0.05) is 32.6 Å². The van der Waals surface area contributed by atoms with Crippen LogP contribution in [0.3, 0.4) is 0 Å². The Balaban J connectivity index is 1.53. The second kappa shape index (κ2) is 10.7. The molecule has 1 aliphatic carbocycles. The van der Waals surface area contributed by atoms with Gasteiger partial charge in [-0.25, -0.2) is 4.79 Å². The maximum absolute atomic E-state index is 12.7. The first-order chi connectivity index (χ1) is 15.8. The zero-order valence-electron chi connectivity index (χ0n) is 19.7. The van der Waals surface area contributed by atoms with Gasteiger partial charge < -0.3 is 20.3 Å². The molecule has 0 bridgehead atoms. The van der Waals surface area contributed by atoms with E-state index < -0.39 is 5.54 Å². The summed E-state index contributed by atoms with van der Waals surface area (Å²) < 4.78 is 5.71. The number of nitrogens with zero attached hydrogens (tertiary/aromatic N) is 2. The number of likely N-dealkylation sites (N-methyl/N-ethyl adjacent to an activating group) is 1. The summed E-state index contributed by atoms with van der Waals surface area (Å²) in [5.74, 6) is 0.0849. The maximum Gasteiger partial charge on any atom is 0.325 e. The molecule has 3 rings (SSSR count). The highest BCUT2D eigenvalue weighted by atomic mass is 16.5. The number of amides is 5. The first-order valence-corrected chi connectivity index (χ1v) is 11.6. The number of imide groups is 1. The third-order valence-corrected chi connectivity index (χ3v) is 6.38. The topological polar surface area (TPSA) is 108 Å². The van der Waals surface area contributed by atoms with E-state index in [4.69, 9.17) is 4.74 Å². The number of nitrogens with one attached hydrogen (secondary N) is 2. The van der Waals surface area contributed by atoms with Crippen molar-refractivity contribution in [3.05, 3.63) is 29.8 Å². The smallest absolute Gasteiger partial charge is 0.325 e. The van der Waals surface area contributed by atoms with Gasteiger partial charge in [-0.1, -0.05) is 38.0 Å². The molecule has 9 nitrogen and oxygen atoms in total. The van der Waals surface area contributed by atoms with Crippen molar-refractivity contribution in [3.63, 3.8) is 0 Å². The van der Waals surface area contributed by atoms with Gasteiger partial charge in [0.05, 0.1) is 6.04 Å². The van der Waals surface area contributed by atoms with E-state index in [1.165, 1.54) is 9.80 Å². The van der Waals surface area contributed by atoms with E-state index in [9.17, 15) is 19.2 Å².